The molecule has 0 saturated carbocycles. The summed E-state index contributed by atoms with van der Waals surface area (Å²) in [6, 6.07) is 7.49. The van der Waals surface area contributed by atoms with Crippen molar-refractivity contribution in [3.05, 3.63) is 29.3 Å². The highest BCUT2D eigenvalue weighted by molar-refractivity contribution is 5.94. The molecule has 0 aliphatic carbocycles. The molecule has 5 nitrogen and oxygen atoms in total. The molecule has 1 heterocycles. The summed E-state index contributed by atoms with van der Waals surface area (Å²) in [6.45, 7) is 0.511. The van der Waals surface area contributed by atoms with Gasteiger partial charge < -0.3 is 10.2 Å². The van der Waals surface area contributed by atoms with Gasteiger partial charge in [-0.3, -0.25) is 9.59 Å². The fraction of sp³-hybridized carbons (Fsp3) is 0.357. The van der Waals surface area contributed by atoms with Crippen LogP contribution in [-0.2, 0) is 22.4 Å². The average molecular weight is 257 g/mol. The zero-order chi connectivity index (χ0) is 13.8. The lowest BCUT2D eigenvalue weighted by atomic mass is 9.99. The number of nitrogens with one attached hydrogen (secondary N) is 1. The number of benzene rings is 1. The van der Waals surface area contributed by atoms with Crippen molar-refractivity contribution < 1.29 is 9.59 Å². The highest BCUT2D eigenvalue weighted by atomic mass is 16.2. The fourth-order valence-electron chi connectivity index (χ4n) is 2.08. The molecule has 0 bridgehead atoms. The Morgan fingerprint density at radius 3 is 3.00 bits per heavy atom. The van der Waals surface area contributed by atoms with Crippen molar-refractivity contribution >= 4 is 17.5 Å². The summed E-state index contributed by atoms with van der Waals surface area (Å²) in [7, 11) is 1.62. The standard InChI is InChI=1S/C14H15N3O2/c1-17(14(19)9-15)7-6-10-2-4-12-11(8-10)3-5-13(18)16-12/h2,4,8H,3,5-7H2,1H3,(H,16,18). The first kappa shape index (κ1) is 13.1. The molecule has 0 unspecified atom stereocenters. The fourth-order valence-corrected chi connectivity index (χ4v) is 2.08. The molecule has 5 heteroatoms. The molecule has 0 aromatic heterocycles. The van der Waals surface area contributed by atoms with E-state index in [-0.39, 0.29) is 5.91 Å². The Morgan fingerprint density at radius 1 is 1.47 bits per heavy atom. The number of nitrogens with zero attached hydrogens (tertiary/aromatic N) is 2. The van der Waals surface area contributed by atoms with Gasteiger partial charge >= 0.3 is 5.91 Å². The van der Waals surface area contributed by atoms with E-state index in [1.54, 1.807) is 13.1 Å². The third kappa shape index (κ3) is 3.10. The molecule has 0 saturated heterocycles. The zero-order valence-electron chi connectivity index (χ0n) is 10.8. The lowest BCUT2D eigenvalue weighted by Gasteiger charge is -2.18. The third-order valence-corrected chi connectivity index (χ3v) is 3.24. The molecule has 1 N–H and O–H groups in total. The molecule has 0 spiro atoms. The summed E-state index contributed by atoms with van der Waals surface area (Å²) in [5.74, 6) is -0.468. The molecule has 1 aromatic carbocycles. The number of nitriles is 1. The molecule has 1 aliphatic rings. The van der Waals surface area contributed by atoms with Gasteiger partial charge in [0.25, 0.3) is 0 Å². The highest BCUT2D eigenvalue weighted by Crippen LogP contribution is 2.23. The van der Waals surface area contributed by atoms with E-state index >= 15 is 0 Å². The Morgan fingerprint density at radius 2 is 2.26 bits per heavy atom. The van der Waals surface area contributed by atoms with Gasteiger partial charge in [-0.15, -0.1) is 0 Å². The van der Waals surface area contributed by atoms with Crippen molar-refractivity contribution in [1.29, 1.82) is 5.26 Å². The predicted octanol–water partition coefficient (Wildman–Crippen LogP) is 1.10. The summed E-state index contributed by atoms with van der Waals surface area (Å²) < 4.78 is 0. The van der Waals surface area contributed by atoms with E-state index in [1.165, 1.54) is 4.90 Å². The number of likely N-dealkylation sites (N-methyl/N-ethyl adjacent to an activating group) is 1. The number of carbonyl (C=O) groups is 2. The maximum atomic E-state index is 11.2. The summed E-state index contributed by atoms with van der Waals surface area (Å²) in [4.78, 5) is 23.8. The highest BCUT2D eigenvalue weighted by Gasteiger charge is 2.15. The van der Waals surface area contributed by atoms with Gasteiger partial charge in [-0.2, -0.15) is 5.26 Å². The van der Waals surface area contributed by atoms with Crippen LogP contribution in [-0.4, -0.2) is 30.3 Å². The number of aryl methyl sites for hydroxylation is 1. The van der Waals surface area contributed by atoms with Crippen molar-refractivity contribution in [3.63, 3.8) is 0 Å². The minimum Gasteiger partial charge on any atom is -0.333 e. The number of rotatable bonds is 3. The van der Waals surface area contributed by atoms with Crippen LogP contribution in [0.3, 0.4) is 0 Å². The molecule has 2 rings (SSSR count). The van der Waals surface area contributed by atoms with Crippen LogP contribution in [0, 0.1) is 11.3 Å². The molecule has 0 radical (unpaired) electrons. The van der Waals surface area contributed by atoms with Crippen LogP contribution >= 0.6 is 0 Å². The lowest BCUT2D eigenvalue weighted by Crippen LogP contribution is -2.27. The smallest absolute Gasteiger partial charge is 0.324 e. The molecule has 0 fully saturated rings. The van der Waals surface area contributed by atoms with Crippen molar-refractivity contribution in [2.24, 2.45) is 0 Å². The minimum absolute atomic E-state index is 0.0552. The van der Waals surface area contributed by atoms with Crippen molar-refractivity contribution in [2.45, 2.75) is 19.3 Å². The Kier molecular flexibility index (Phi) is 3.81. The van der Waals surface area contributed by atoms with Crippen LogP contribution in [0.2, 0.25) is 0 Å². The van der Waals surface area contributed by atoms with E-state index in [9.17, 15) is 9.59 Å². The first-order chi connectivity index (χ1) is 9.10. The van der Waals surface area contributed by atoms with Gasteiger partial charge in [0.2, 0.25) is 5.91 Å². The number of anilines is 1. The monoisotopic (exact) mass is 257 g/mol. The molecule has 0 atom stereocenters. The summed E-state index contributed by atoms with van der Waals surface area (Å²) in [6.07, 6.45) is 1.97. The van der Waals surface area contributed by atoms with Crippen LogP contribution in [0.15, 0.2) is 18.2 Å². The van der Waals surface area contributed by atoms with Gasteiger partial charge in [0.1, 0.15) is 0 Å². The molecular formula is C14H15N3O2. The van der Waals surface area contributed by atoms with E-state index < -0.39 is 5.91 Å². The van der Waals surface area contributed by atoms with E-state index in [0.29, 0.717) is 19.4 Å². The Hall–Kier alpha value is -2.35. The first-order valence-corrected chi connectivity index (χ1v) is 6.17. The zero-order valence-corrected chi connectivity index (χ0v) is 10.8. The second-order valence-electron chi connectivity index (χ2n) is 4.63. The minimum atomic E-state index is -0.523. The van der Waals surface area contributed by atoms with E-state index in [1.807, 2.05) is 12.1 Å². The van der Waals surface area contributed by atoms with Crippen LogP contribution < -0.4 is 5.32 Å². The van der Waals surface area contributed by atoms with E-state index in [0.717, 1.165) is 23.2 Å². The maximum absolute atomic E-state index is 11.2. The Labute approximate surface area is 111 Å². The first-order valence-electron chi connectivity index (χ1n) is 6.17. The summed E-state index contributed by atoms with van der Waals surface area (Å²) in [5, 5.41) is 11.3. The molecule has 1 aromatic rings. The van der Waals surface area contributed by atoms with Crippen molar-refractivity contribution in [3.8, 4) is 6.07 Å². The van der Waals surface area contributed by atoms with Gasteiger partial charge in [0.05, 0.1) is 0 Å². The number of hydrogen-bond acceptors (Lipinski definition) is 3. The van der Waals surface area contributed by atoms with Crippen molar-refractivity contribution in [2.75, 3.05) is 18.9 Å². The Bertz CT molecular complexity index is 560. The number of amides is 2. The SMILES string of the molecule is CN(CCc1ccc2c(c1)CCC(=O)N2)C(=O)C#N. The largest absolute Gasteiger partial charge is 0.333 e. The predicted molar refractivity (Wildman–Crippen MR) is 70.3 cm³/mol. The lowest BCUT2D eigenvalue weighted by molar-refractivity contribution is -0.124. The van der Waals surface area contributed by atoms with Gasteiger partial charge in [-0.1, -0.05) is 12.1 Å². The van der Waals surface area contributed by atoms with Crippen LogP contribution in [0.5, 0.6) is 0 Å². The number of carbonyl (C=O) groups excluding carboxylic acids is 2. The van der Waals surface area contributed by atoms with Gasteiger partial charge in [-0.25, -0.2) is 0 Å². The Balaban J connectivity index is 2.01. The molecule has 2 amide bonds. The van der Waals surface area contributed by atoms with Crippen LogP contribution in [0.1, 0.15) is 17.5 Å². The summed E-state index contributed by atoms with van der Waals surface area (Å²) in [5.41, 5.74) is 3.11. The van der Waals surface area contributed by atoms with Crippen LogP contribution in [0.25, 0.3) is 0 Å². The molecule has 19 heavy (non-hydrogen) atoms. The number of hydrogen-bond donors (Lipinski definition) is 1. The quantitative estimate of drug-likeness (QED) is 0.824. The normalized spacial score (nSPS) is 13.2. The average Bonchev–Trinajstić information content (AvgIpc) is 2.43. The molecule has 98 valence electrons. The molecular weight excluding hydrogens is 242 g/mol. The number of fused-ring (bicyclic) bond motifs is 1. The maximum Gasteiger partial charge on any atom is 0.324 e. The van der Waals surface area contributed by atoms with E-state index in [2.05, 4.69) is 11.4 Å². The van der Waals surface area contributed by atoms with Gasteiger partial charge in [0.15, 0.2) is 6.07 Å². The van der Waals surface area contributed by atoms with Gasteiger partial charge in [0, 0.05) is 25.7 Å². The van der Waals surface area contributed by atoms with E-state index in [4.69, 9.17) is 5.26 Å². The topological polar surface area (TPSA) is 73.2 Å². The second-order valence-corrected chi connectivity index (χ2v) is 4.63. The third-order valence-electron chi connectivity index (χ3n) is 3.24. The molecule has 1 aliphatic heterocycles. The van der Waals surface area contributed by atoms with Gasteiger partial charge in [-0.05, 0) is 30.0 Å². The van der Waals surface area contributed by atoms with Crippen molar-refractivity contribution in [1.82, 2.24) is 4.90 Å². The van der Waals surface area contributed by atoms with Crippen LogP contribution in [0.4, 0.5) is 5.69 Å². The second kappa shape index (κ2) is 5.53. The summed E-state index contributed by atoms with van der Waals surface area (Å²) >= 11 is 0.